The molecule has 2 aliphatic heterocycles. The van der Waals surface area contributed by atoms with E-state index in [2.05, 4.69) is 28.8 Å². The number of hydrogen-bond acceptors (Lipinski definition) is 5. The van der Waals surface area contributed by atoms with Gasteiger partial charge in [-0.25, -0.2) is 8.42 Å². The maximum absolute atomic E-state index is 12.9. The van der Waals surface area contributed by atoms with Gasteiger partial charge in [0.1, 0.15) is 6.04 Å². The highest BCUT2D eigenvalue weighted by atomic mass is 32.2. The summed E-state index contributed by atoms with van der Waals surface area (Å²) in [4.78, 5) is 15.3. The van der Waals surface area contributed by atoms with Gasteiger partial charge in [0.25, 0.3) is 0 Å². The molecule has 1 aromatic rings. The van der Waals surface area contributed by atoms with Crippen molar-refractivity contribution in [1.82, 2.24) is 14.9 Å². The molecule has 2 saturated heterocycles. The summed E-state index contributed by atoms with van der Waals surface area (Å²) in [6.45, 7) is 7.34. The monoisotopic (exact) mass is 395 g/mol. The third-order valence-corrected chi connectivity index (χ3v) is 6.58. The maximum atomic E-state index is 12.9. The van der Waals surface area contributed by atoms with Crippen molar-refractivity contribution in [3.8, 4) is 0 Å². The minimum atomic E-state index is -3.77. The number of benzene rings is 1. The summed E-state index contributed by atoms with van der Waals surface area (Å²) in [5.41, 5.74) is -0.350. The number of carbonyl (C=O) groups is 1. The number of amides is 1. The first-order chi connectivity index (χ1) is 12.8. The van der Waals surface area contributed by atoms with E-state index in [4.69, 9.17) is 4.74 Å². The van der Waals surface area contributed by atoms with E-state index in [1.54, 1.807) is 18.2 Å². The SMILES string of the molecule is CC(C)CN1CC(NS(=O)(=O)c2ccccc2)C(=O)NC2(CCOCC2)C1. The van der Waals surface area contributed by atoms with Crippen molar-refractivity contribution in [2.75, 3.05) is 32.8 Å². The van der Waals surface area contributed by atoms with Crippen molar-refractivity contribution in [2.45, 2.75) is 43.2 Å². The molecule has 0 radical (unpaired) electrons. The third kappa shape index (κ3) is 5.07. The van der Waals surface area contributed by atoms with Gasteiger partial charge in [-0.2, -0.15) is 4.72 Å². The number of sulfonamides is 1. The van der Waals surface area contributed by atoms with Crippen LogP contribution >= 0.6 is 0 Å². The number of nitrogens with one attached hydrogen (secondary N) is 2. The summed E-state index contributed by atoms with van der Waals surface area (Å²) in [6.07, 6.45) is 1.48. The minimum Gasteiger partial charge on any atom is -0.381 e. The molecule has 150 valence electrons. The summed E-state index contributed by atoms with van der Waals surface area (Å²) >= 11 is 0. The molecule has 27 heavy (non-hydrogen) atoms. The van der Waals surface area contributed by atoms with Gasteiger partial charge >= 0.3 is 0 Å². The third-order valence-electron chi connectivity index (χ3n) is 5.10. The van der Waals surface area contributed by atoms with Gasteiger partial charge in [0.15, 0.2) is 0 Å². The predicted octanol–water partition coefficient (Wildman–Crippen LogP) is 0.971. The fourth-order valence-corrected chi connectivity index (χ4v) is 5.08. The standard InChI is InChI=1S/C19H29N3O4S/c1-15(2)12-22-13-17(21-27(24,25)16-6-4-3-5-7-16)18(23)20-19(14-22)8-10-26-11-9-19/h3-7,15,17,21H,8-14H2,1-2H3,(H,20,23). The molecule has 1 amide bonds. The summed E-state index contributed by atoms with van der Waals surface area (Å²) in [5, 5.41) is 3.13. The van der Waals surface area contributed by atoms with Gasteiger partial charge in [0.05, 0.1) is 10.4 Å². The Kier molecular flexibility index (Phi) is 6.20. The molecular weight excluding hydrogens is 366 g/mol. The van der Waals surface area contributed by atoms with Crippen molar-refractivity contribution in [2.24, 2.45) is 5.92 Å². The van der Waals surface area contributed by atoms with Crippen LogP contribution in [-0.2, 0) is 19.6 Å². The highest BCUT2D eigenvalue weighted by molar-refractivity contribution is 7.89. The van der Waals surface area contributed by atoms with Crippen LogP contribution in [0.2, 0.25) is 0 Å². The first kappa shape index (κ1) is 20.3. The molecule has 1 aromatic carbocycles. The average molecular weight is 396 g/mol. The van der Waals surface area contributed by atoms with E-state index in [9.17, 15) is 13.2 Å². The molecule has 3 rings (SSSR count). The number of carbonyl (C=O) groups excluding carboxylic acids is 1. The summed E-state index contributed by atoms with van der Waals surface area (Å²) < 4.78 is 33.5. The molecule has 2 heterocycles. The fraction of sp³-hybridized carbons (Fsp3) is 0.632. The van der Waals surface area contributed by atoms with Gasteiger partial charge in [0.2, 0.25) is 15.9 Å². The Morgan fingerprint density at radius 1 is 1.26 bits per heavy atom. The Balaban J connectivity index is 1.83. The molecule has 1 atom stereocenters. The topological polar surface area (TPSA) is 87.7 Å². The van der Waals surface area contributed by atoms with Crippen molar-refractivity contribution in [3.05, 3.63) is 30.3 Å². The summed E-state index contributed by atoms with van der Waals surface area (Å²) in [6, 6.07) is 7.34. The van der Waals surface area contributed by atoms with Crippen molar-refractivity contribution in [1.29, 1.82) is 0 Å². The van der Waals surface area contributed by atoms with Gasteiger partial charge in [-0.15, -0.1) is 0 Å². The zero-order valence-electron chi connectivity index (χ0n) is 16.0. The van der Waals surface area contributed by atoms with Crippen LogP contribution in [0.3, 0.4) is 0 Å². The Morgan fingerprint density at radius 3 is 2.56 bits per heavy atom. The average Bonchev–Trinajstić information content (AvgIpc) is 2.72. The van der Waals surface area contributed by atoms with E-state index in [1.165, 1.54) is 12.1 Å². The zero-order valence-corrected chi connectivity index (χ0v) is 16.8. The molecule has 1 unspecified atom stereocenters. The molecule has 8 heteroatoms. The molecule has 0 saturated carbocycles. The number of hydrogen-bond donors (Lipinski definition) is 2. The lowest BCUT2D eigenvalue weighted by atomic mass is 9.89. The maximum Gasteiger partial charge on any atom is 0.241 e. The van der Waals surface area contributed by atoms with Crippen molar-refractivity contribution >= 4 is 15.9 Å². The lowest BCUT2D eigenvalue weighted by Gasteiger charge is -2.39. The molecule has 2 fully saturated rings. The summed E-state index contributed by atoms with van der Waals surface area (Å²) in [5.74, 6) is 0.157. The van der Waals surface area contributed by atoms with Crippen LogP contribution in [0.1, 0.15) is 26.7 Å². The van der Waals surface area contributed by atoms with Gasteiger partial charge in [-0.1, -0.05) is 32.0 Å². The van der Waals surface area contributed by atoms with Crippen molar-refractivity contribution in [3.63, 3.8) is 0 Å². The second kappa shape index (κ2) is 8.26. The predicted molar refractivity (Wildman–Crippen MR) is 103 cm³/mol. The smallest absolute Gasteiger partial charge is 0.241 e. The van der Waals surface area contributed by atoms with E-state index >= 15 is 0 Å². The second-order valence-electron chi connectivity index (χ2n) is 7.96. The van der Waals surface area contributed by atoms with E-state index in [1.807, 2.05) is 0 Å². The van der Waals surface area contributed by atoms with E-state index in [-0.39, 0.29) is 16.3 Å². The van der Waals surface area contributed by atoms with E-state index < -0.39 is 16.1 Å². The minimum absolute atomic E-state index is 0.165. The summed E-state index contributed by atoms with van der Waals surface area (Å²) in [7, 11) is -3.77. The van der Waals surface area contributed by atoms with Crippen LogP contribution in [0.25, 0.3) is 0 Å². The lowest BCUT2D eigenvalue weighted by molar-refractivity contribution is -0.124. The zero-order chi connectivity index (χ0) is 19.5. The van der Waals surface area contributed by atoms with Crippen LogP contribution in [-0.4, -0.2) is 63.7 Å². The van der Waals surface area contributed by atoms with Gasteiger partial charge in [-0.3, -0.25) is 9.69 Å². The Labute approximate surface area is 161 Å². The Bertz CT molecular complexity index is 745. The van der Waals surface area contributed by atoms with E-state index in [0.29, 0.717) is 32.2 Å². The Hall–Kier alpha value is -1.48. The van der Waals surface area contributed by atoms with Crippen LogP contribution in [0.15, 0.2) is 35.2 Å². The molecule has 2 aliphatic rings. The molecular formula is C19H29N3O4S. The van der Waals surface area contributed by atoms with Gasteiger partial charge in [-0.05, 0) is 30.9 Å². The first-order valence-electron chi connectivity index (χ1n) is 9.49. The van der Waals surface area contributed by atoms with Crippen LogP contribution < -0.4 is 10.0 Å². The van der Waals surface area contributed by atoms with E-state index in [0.717, 1.165) is 19.4 Å². The number of rotatable bonds is 5. The van der Waals surface area contributed by atoms with Gasteiger partial charge in [0, 0.05) is 32.8 Å². The van der Waals surface area contributed by atoms with Gasteiger partial charge < -0.3 is 10.1 Å². The quantitative estimate of drug-likeness (QED) is 0.776. The normalized spacial score (nSPS) is 24.0. The fourth-order valence-electron chi connectivity index (χ4n) is 3.87. The molecule has 1 spiro atoms. The second-order valence-corrected chi connectivity index (χ2v) is 9.67. The van der Waals surface area contributed by atoms with Crippen LogP contribution in [0, 0.1) is 5.92 Å². The highest BCUT2D eigenvalue weighted by Crippen LogP contribution is 2.25. The molecule has 0 bridgehead atoms. The Morgan fingerprint density at radius 2 is 1.93 bits per heavy atom. The molecule has 0 aliphatic carbocycles. The number of nitrogens with zero attached hydrogens (tertiary/aromatic N) is 1. The first-order valence-corrected chi connectivity index (χ1v) is 11.0. The van der Waals surface area contributed by atoms with Crippen LogP contribution in [0.5, 0.6) is 0 Å². The number of ether oxygens (including phenoxy) is 1. The molecule has 2 N–H and O–H groups in total. The lowest BCUT2D eigenvalue weighted by Crippen LogP contribution is -2.57. The molecule has 0 aromatic heterocycles. The highest BCUT2D eigenvalue weighted by Gasteiger charge is 2.42. The largest absolute Gasteiger partial charge is 0.381 e. The van der Waals surface area contributed by atoms with Crippen LogP contribution in [0.4, 0.5) is 0 Å². The van der Waals surface area contributed by atoms with Crippen molar-refractivity contribution < 1.29 is 17.9 Å². The molecule has 7 nitrogen and oxygen atoms in total.